The van der Waals surface area contributed by atoms with Crippen LogP contribution in [0.3, 0.4) is 0 Å². The summed E-state index contributed by atoms with van der Waals surface area (Å²) >= 11 is 12.0. The van der Waals surface area contributed by atoms with Gasteiger partial charge in [-0.3, -0.25) is 4.98 Å². The maximum atomic E-state index is 13.8. The van der Waals surface area contributed by atoms with Gasteiger partial charge >= 0.3 is 0 Å². The summed E-state index contributed by atoms with van der Waals surface area (Å²) in [6, 6.07) is 4.65. The molecule has 0 aliphatic heterocycles. The van der Waals surface area contributed by atoms with Gasteiger partial charge in [-0.2, -0.15) is 0 Å². The van der Waals surface area contributed by atoms with Crippen molar-refractivity contribution in [2.75, 3.05) is 6.54 Å². The standard InChI is InChI=1S/C15H14Cl2F2N2/c1-2-20-14(15-12(17)7-10(16)8-21-15)6-9-5-11(18)3-4-13(9)19/h3-5,7-8,14,20H,2,6H2,1H3. The number of hydrogen-bond donors (Lipinski definition) is 1. The van der Waals surface area contributed by atoms with Crippen LogP contribution >= 0.6 is 23.2 Å². The summed E-state index contributed by atoms with van der Waals surface area (Å²) in [6.45, 7) is 2.56. The summed E-state index contributed by atoms with van der Waals surface area (Å²) in [5, 5.41) is 4.00. The van der Waals surface area contributed by atoms with E-state index in [1.54, 1.807) is 6.07 Å². The van der Waals surface area contributed by atoms with Gasteiger partial charge in [0.25, 0.3) is 0 Å². The number of halogens is 4. The SMILES string of the molecule is CCNC(Cc1cc(F)ccc1F)c1ncc(Cl)cc1Cl. The Morgan fingerprint density at radius 1 is 1.24 bits per heavy atom. The average molecular weight is 331 g/mol. The quantitative estimate of drug-likeness (QED) is 0.869. The van der Waals surface area contributed by atoms with Gasteiger partial charge in [0.05, 0.1) is 21.8 Å². The van der Waals surface area contributed by atoms with Crippen LogP contribution in [0.25, 0.3) is 0 Å². The van der Waals surface area contributed by atoms with Gasteiger partial charge in [-0.1, -0.05) is 30.1 Å². The lowest BCUT2D eigenvalue weighted by Gasteiger charge is -2.19. The van der Waals surface area contributed by atoms with Gasteiger partial charge in [-0.15, -0.1) is 0 Å². The molecule has 1 heterocycles. The van der Waals surface area contributed by atoms with Crippen LogP contribution in [0.2, 0.25) is 10.0 Å². The number of benzene rings is 1. The Morgan fingerprint density at radius 3 is 2.67 bits per heavy atom. The molecule has 0 saturated carbocycles. The molecule has 2 nitrogen and oxygen atoms in total. The molecular formula is C15H14Cl2F2N2. The van der Waals surface area contributed by atoms with Gasteiger partial charge in [-0.05, 0) is 42.8 Å². The van der Waals surface area contributed by atoms with Gasteiger partial charge < -0.3 is 5.32 Å². The van der Waals surface area contributed by atoms with Crippen molar-refractivity contribution in [3.8, 4) is 0 Å². The molecule has 0 bridgehead atoms. The number of pyridine rings is 1. The number of nitrogens with one attached hydrogen (secondary N) is 1. The van der Waals surface area contributed by atoms with E-state index in [9.17, 15) is 8.78 Å². The smallest absolute Gasteiger partial charge is 0.126 e. The summed E-state index contributed by atoms with van der Waals surface area (Å²) in [5.41, 5.74) is 0.834. The topological polar surface area (TPSA) is 24.9 Å². The molecule has 1 unspecified atom stereocenters. The van der Waals surface area contributed by atoms with Crippen LogP contribution in [0, 0.1) is 11.6 Å². The number of rotatable bonds is 5. The van der Waals surface area contributed by atoms with E-state index in [0.717, 1.165) is 12.1 Å². The Hall–Kier alpha value is -1.23. The summed E-state index contributed by atoms with van der Waals surface area (Å²) in [6.07, 6.45) is 1.72. The zero-order valence-corrected chi connectivity index (χ0v) is 12.8. The molecule has 2 rings (SSSR count). The van der Waals surface area contributed by atoms with Crippen LogP contribution in [0.4, 0.5) is 8.78 Å². The van der Waals surface area contributed by atoms with Crippen molar-refractivity contribution in [1.29, 1.82) is 0 Å². The van der Waals surface area contributed by atoms with Crippen molar-refractivity contribution in [2.24, 2.45) is 0 Å². The minimum Gasteiger partial charge on any atom is -0.309 e. The second-order valence-electron chi connectivity index (χ2n) is 4.57. The number of hydrogen-bond acceptors (Lipinski definition) is 2. The van der Waals surface area contributed by atoms with Crippen molar-refractivity contribution < 1.29 is 8.78 Å². The Bertz CT molecular complexity index is 635. The molecule has 0 spiro atoms. The first-order valence-electron chi connectivity index (χ1n) is 6.49. The molecule has 0 aliphatic carbocycles. The van der Waals surface area contributed by atoms with E-state index in [2.05, 4.69) is 10.3 Å². The third-order valence-electron chi connectivity index (χ3n) is 3.05. The molecule has 2 aromatic rings. The Labute approximate surface area is 132 Å². The second kappa shape index (κ2) is 7.16. The first-order valence-corrected chi connectivity index (χ1v) is 7.25. The van der Waals surface area contributed by atoms with E-state index in [1.165, 1.54) is 12.3 Å². The van der Waals surface area contributed by atoms with Crippen LogP contribution in [-0.2, 0) is 6.42 Å². The van der Waals surface area contributed by atoms with Crippen molar-refractivity contribution in [3.63, 3.8) is 0 Å². The zero-order valence-electron chi connectivity index (χ0n) is 11.3. The third kappa shape index (κ3) is 4.13. The molecule has 6 heteroatoms. The van der Waals surface area contributed by atoms with Crippen LogP contribution in [-0.4, -0.2) is 11.5 Å². The molecule has 21 heavy (non-hydrogen) atoms. The number of aromatic nitrogens is 1. The molecule has 0 aliphatic rings. The summed E-state index contributed by atoms with van der Waals surface area (Å²) in [7, 11) is 0. The minimum atomic E-state index is -0.475. The molecular weight excluding hydrogens is 317 g/mol. The first-order chi connectivity index (χ1) is 10.0. The summed E-state index contributed by atoms with van der Waals surface area (Å²) in [5.74, 6) is -0.929. The Morgan fingerprint density at radius 2 is 2.00 bits per heavy atom. The molecule has 0 radical (unpaired) electrons. The van der Waals surface area contributed by atoms with E-state index < -0.39 is 11.6 Å². The van der Waals surface area contributed by atoms with Gasteiger partial charge in [-0.25, -0.2) is 8.78 Å². The molecule has 112 valence electrons. The van der Waals surface area contributed by atoms with Crippen molar-refractivity contribution in [1.82, 2.24) is 10.3 Å². The third-order valence-corrected chi connectivity index (χ3v) is 3.56. The van der Waals surface area contributed by atoms with Crippen molar-refractivity contribution >= 4 is 23.2 Å². The van der Waals surface area contributed by atoms with Crippen LogP contribution in [0.15, 0.2) is 30.5 Å². The lowest BCUT2D eigenvalue weighted by molar-refractivity contribution is 0.513. The molecule has 1 aromatic heterocycles. The van der Waals surface area contributed by atoms with Crippen molar-refractivity contribution in [2.45, 2.75) is 19.4 Å². The fourth-order valence-corrected chi connectivity index (χ4v) is 2.62. The number of likely N-dealkylation sites (N-methyl/N-ethyl adjacent to an activating group) is 1. The highest BCUT2D eigenvalue weighted by atomic mass is 35.5. The Balaban J connectivity index is 2.32. The maximum Gasteiger partial charge on any atom is 0.126 e. The van der Waals surface area contributed by atoms with E-state index in [1.807, 2.05) is 6.92 Å². The highest BCUT2D eigenvalue weighted by Crippen LogP contribution is 2.27. The highest BCUT2D eigenvalue weighted by Gasteiger charge is 2.18. The largest absolute Gasteiger partial charge is 0.309 e. The normalized spacial score (nSPS) is 12.4. The molecule has 0 amide bonds. The van der Waals surface area contributed by atoms with Crippen molar-refractivity contribution in [3.05, 3.63) is 63.4 Å². The average Bonchev–Trinajstić information content (AvgIpc) is 2.42. The molecule has 1 N–H and O–H groups in total. The van der Waals surface area contributed by atoms with E-state index >= 15 is 0 Å². The maximum absolute atomic E-state index is 13.8. The summed E-state index contributed by atoms with van der Waals surface area (Å²) in [4.78, 5) is 4.20. The van der Waals surface area contributed by atoms with Gasteiger partial charge in [0.1, 0.15) is 11.6 Å². The van der Waals surface area contributed by atoms with E-state index in [4.69, 9.17) is 23.2 Å². The monoisotopic (exact) mass is 330 g/mol. The lowest BCUT2D eigenvalue weighted by Crippen LogP contribution is -2.24. The fourth-order valence-electron chi connectivity index (χ4n) is 2.11. The van der Waals surface area contributed by atoms with E-state index in [0.29, 0.717) is 22.3 Å². The van der Waals surface area contributed by atoms with Crippen LogP contribution in [0.1, 0.15) is 24.2 Å². The predicted octanol–water partition coefficient (Wildman–Crippen LogP) is 4.56. The number of nitrogens with zero attached hydrogens (tertiary/aromatic N) is 1. The minimum absolute atomic E-state index is 0.242. The van der Waals surface area contributed by atoms with Crippen LogP contribution < -0.4 is 5.32 Å². The van der Waals surface area contributed by atoms with Gasteiger partial charge in [0, 0.05) is 6.20 Å². The van der Waals surface area contributed by atoms with Gasteiger partial charge in [0.2, 0.25) is 0 Å². The second-order valence-corrected chi connectivity index (χ2v) is 5.41. The lowest BCUT2D eigenvalue weighted by atomic mass is 10.0. The Kier molecular flexibility index (Phi) is 5.51. The molecule has 0 fully saturated rings. The summed E-state index contributed by atoms with van der Waals surface area (Å²) < 4.78 is 27.1. The zero-order chi connectivity index (χ0) is 15.4. The fraction of sp³-hybridized carbons (Fsp3) is 0.267. The predicted molar refractivity (Wildman–Crippen MR) is 80.7 cm³/mol. The van der Waals surface area contributed by atoms with Crippen LogP contribution in [0.5, 0.6) is 0 Å². The van der Waals surface area contributed by atoms with E-state index in [-0.39, 0.29) is 18.0 Å². The highest BCUT2D eigenvalue weighted by molar-refractivity contribution is 6.34. The molecule has 1 atom stereocenters. The van der Waals surface area contributed by atoms with Gasteiger partial charge in [0.15, 0.2) is 0 Å². The first kappa shape index (κ1) is 16.1. The molecule has 0 saturated heterocycles. The molecule has 1 aromatic carbocycles.